The molecule has 0 unspecified atom stereocenters. The SMILES string of the molecule is COc1ccc(CNC(=O)CCCN(c2cc(C)ccc2OC)S(C)(=O)=O)cc1OC. The zero-order valence-corrected chi connectivity index (χ0v) is 19.4. The fourth-order valence-electron chi connectivity index (χ4n) is 3.12. The van der Waals surface area contributed by atoms with E-state index >= 15 is 0 Å². The van der Waals surface area contributed by atoms with Crippen LogP contribution in [0.15, 0.2) is 36.4 Å². The van der Waals surface area contributed by atoms with Gasteiger partial charge in [-0.25, -0.2) is 8.42 Å². The second-order valence-corrected chi connectivity index (χ2v) is 8.99. The molecule has 1 N–H and O–H groups in total. The lowest BCUT2D eigenvalue weighted by Crippen LogP contribution is -2.32. The summed E-state index contributed by atoms with van der Waals surface area (Å²) in [6.45, 7) is 2.38. The summed E-state index contributed by atoms with van der Waals surface area (Å²) in [7, 11) is 1.07. The smallest absolute Gasteiger partial charge is 0.232 e. The third-order valence-corrected chi connectivity index (χ3v) is 5.89. The molecule has 2 aromatic carbocycles. The lowest BCUT2D eigenvalue weighted by molar-refractivity contribution is -0.121. The van der Waals surface area contributed by atoms with E-state index in [0.29, 0.717) is 35.9 Å². The van der Waals surface area contributed by atoms with Crippen molar-refractivity contribution in [2.24, 2.45) is 0 Å². The van der Waals surface area contributed by atoms with Crippen LogP contribution in [0.2, 0.25) is 0 Å². The van der Waals surface area contributed by atoms with E-state index in [2.05, 4.69) is 5.32 Å². The normalized spacial score (nSPS) is 11.0. The van der Waals surface area contributed by atoms with Gasteiger partial charge in [-0.1, -0.05) is 12.1 Å². The molecule has 0 aromatic heterocycles. The van der Waals surface area contributed by atoms with E-state index < -0.39 is 10.0 Å². The molecule has 0 heterocycles. The van der Waals surface area contributed by atoms with Gasteiger partial charge in [0.25, 0.3) is 0 Å². The summed E-state index contributed by atoms with van der Waals surface area (Å²) in [5, 5.41) is 2.84. The highest BCUT2D eigenvalue weighted by Crippen LogP contribution is 2.31. The molecule has 9 heteroatoms. The van der Waals surface area contributed by atoms with Crippen molar-refractivity contribution in [1.29, 1.82) is 0 Å². The van der Waals surface area contributed by atoms with Crippen LogP contribution in [-0.2, 0) is 21.4 Å². The number of amides is 1. The van der Waals surface area contributed by atoms with Crippen LogP contribution in [0.5, 0.6) is 17.2 Å². The standard InChI is InChI=1S/C22H30N2O6S/c1-16-8-10-19(28-2)18(13-16)24(31(5,26)27)12-6-7-22(25)23-15-17-9-11-20(29-3)21(14-17)30-4/h8-11,13-14H,6-7,12,15H2,1-5H3,(H,23,25). The maximum atomic E-state index is 12.4. The van der Waals surface area contributed by atoms with Gasteiger partial charge < -0.3 is 19.5 Å². The first-order valence-electron chi connectivity index (χ1n) is 9.79. The maximum absolute atomic E-state index is 12.4. The minimum atomic E-state index is -3.54. The number of benzene rings is 2. The summed E-state index contributed by atoms with van der Waals surface area (Å²) in [5.41, 5.74) is 2.25. The zero-order valence-electron chi connectivity index (χ0n) is 18.6. The average molecular weight is 451 g/mol. The number of aryl methyl sites for hydroxylation is 1. The molecule has 0 radical (unpaired) electrons. The average Bonchev–Trinajstić information content (AvgIpc) is 2.74. The Hall–Kier alpha value is -2.94. The first kappa shape index (κ1) is 24.3. The van der Waals surface area contributed by atoms with Gasteiger partial charge in [0.05, 0.1) is 33.3 Å². The number of hydrogen-bond donors (Lipinski definition) is 1. The molecular formula is C22H30N2O6S. The van der Waals surface area contributed by atoms with Crippen molar-refractivity contribution >= 4 is 21.6 Å². The number of anilines is 1. The van der Waals surface area contributed by atoms with Crippen molar-refractivity contribution in [3.05, 3.63) is 47.5 Å². The number of carbonyl (C=O) groups excluding carboxylic acids is 1. The molecule has 0 fully saturated rings. The Balaban J connectivity index is 1.97. The lowest BCUT2D eigenvalue weighted by atomic mass is 10.2. The van der Waals surface area contributed by atoms with Gasteiger partial charge in [0.1, 0.15) is 5.75 Å². The highest BCUT2D eigenvalue weighted by Gasteiger charge is 2.21. The summed E-state index contributed by atoms with van der Waals surface area (Å²) in [5.74, 6) is 1.50. The first-order valence-corrected chi connectivity index (χ1v) is 11.6. The van der Waals surface area contributed by atoms with E-state index in [9.17, 15) is 13.2 Å². The number of sulfonamides is 1. The molecule has 0 aliphatic rings. The van der Waals surface area contributed by atoms with E-state index in [0.717, 1.165) is 17.4 Å². The Kier molecular flexibility index (Phi) is 8.56. The van der Waals surface area contributed by atoms with Gasteiger partial charge in [0.2, 0.25) is 15.9 Å². The van der Waals surface area contributed by atoms with Crippen LogP contribution in [-0.4, -0.2) is 48.5 Å². The Morgan fingerprint density at radius 3 is 2.23 bits per heavy atom. The van der Waals surface area contributed by atoms with E-state index in [1.54, 1.807) is 38.5 Å². The van der Waals surface area contributed by atoms with Crippen LogP contribution >= 0.6 is 0 Å². The van der Waals surface area contributed by atoms with Gasteiger partial charge in [-0.05, 0) is 48.7 Å². The van der Waals surface area contributed by atoms with Gasteiger partial charge in [0, 0.05) is 19.5 Å². The quantitative estimate of drug-likeness (QED) is 0.566. The number of methoxy groups -OCH3 is 3. The maximum Gasteiger partial charge on any atom is 0.232 e. The molecule has 31 heavy (non-hydrogen) atoms. The van der Waals surface area contributed by atoms with Gasteiger partial charge in [0.15, 0.2) is 11.5 Å². The minimum absolute atomic E-state index is 0.167. The molecule has 2 aromatic rings. The van der Waals surface area contributed by atoms with Crippen LogP contribution < -0.4 is 23.8 Å². The molecule has 0 spiro atoms. The third-order valence-electron chi connectivity index (χ3n) is 4.71. The highest BCUT2D eigenvalue weighted by atomic mass is 32.2. The van der Waals surface area contributed by atoms with Crippen LogP contribution in [0.4, 0.5) is 5.69 Å². The number of ether oxygens (including phenoxy) is 3. The Morgan fingerprint density at radius 2 is 1.61 bits per heavy atom. The topological polar surface area (TPSA) is 94.2 Å². The fraction of sp³-hybridized carbons (Fsp3) is 0.409. The predicted molar refractivity (Wildman–Crippen MR) is 121 cm³/mol. The molecular weight excluding hydrogens is 420 g/mol. The largest absolute Gasteiger partial charge is 0.495 e. The van der Waals surface area contributed by atoms with Crippen LogP contribution in [0.25, 0.3) is 0 Å². The number of carbonyl (C=O) groups is 1. The second kappa shape index (κ2) is 10.9. The summed E-state index contributed by atoms with van der Waals surface area (Å²) in [4.78, 5) is 12.3. The number of rotatable bonds is 11. The van der Waals surface area contributed by atoms with Gasteiger partial charge in [-0.15, -0.1) is 0 Å². The second-order valence-electron chi connectivity index (χ2n) is 7.08. The Bertz CT molecular complexity index is 1010. The Morgan fingerprint density at radius 1 is 0.968 bits per heavy atom. The monoisotopic (exact) mass is 450 g/mol. The van der Waals surface area contributed by atoms with Crippen molar-refractivity contribution < 1.29 is 27.4 Å². The van der Waals surface area contributed by atoms with Gasteiger partial charge in [-0.2, -0.15) is 0 Å². The molecule has 2 rings (SSSR count). The van der Waals surface area contributed by atoms with Crippen molar-refractivity contribution in [1.82, 2.24) is 5.32 Å². The highest BCUT2D eigenvalue weighted by molar-refractivity contribution is 7.92. The van der Waals surface area contributed by atoms with Crippen molar-refractivity contribution in [3.63, 3.8) is 0 Å². The molecule has 0 atom stereocenters. The molecule has 0 saturated heterocycles. The van der Waals surface area contributed by atoms with E-state index in [4.69, 9.17) is 14.2 Å². The molecule has 0 bridgehead atoms. The predicted octanol–water partition coefficient (Wildman–Crippen LogP) is 2.88. The summed E-state index contributed by atoms with van der Waals surface area (Å²) >= 11 is 0. The molecule has 0 saturated carbocycles. The summed E-state index contributed by atoms with van der Waals surface area (Å²) in [6, 6.07) is 10.8. The van der Waals surface area contributed by atoms with Crippen molar-refractivity contribution in [3.8, 4) is 17.2 Å². The van der Waals surface area contributed by atoms with Gasteiger partial charge >= 0.3 is 0 Å². The molecule has 0 aliphatic heterocycles. The molecule has 170 valence electrons. The summed E-state index contributed by atoms with van der Waals surface area (Å²) < 4.78 is 41.8. The minimum Gasteiger partial charge on any atom is -0.495 e. The van der Waals surface area contributed by atoms with Crippen LogP contribution in [0.3, 0.4) is 0 Å². The zero-order chi connectivity index (χ0) is 23.0. The van der Waals surface area contributed by atoms with Crippen LogP contribution in [0, 0.1) is 6.92 Å². The van der Waals surface area contributed by atoms with Crippen molar-refractivity contribution in [2.75, 3.05) is 38.4 Å². The van der Waals surface area contributed by atoms with Gasteiger partial charge in [-0.3, -0.25) is 9.10 Å². The third kappa shape index (κ3) is 6.78. The molecule has 0 aliphatic carbocycles. The Labute approximate surface area is 184 Å². The van der Waals surface area contributed by atoms with E-state index in [1.807, 2.05) is 19.1 Å². The summed E-state index contributed by atoms with van der Waals surface area (Å²) in [6.07, 6.45) is 1.70. The van der Waals surface area contributed by atoms with Crippen LogP contribution in [0.1, 0.15) is 24.0 Å². The van der Waals surface area contributed by atoms with Crippen molar-refractivity contribution in [2.45, 2.75) is 26.3 Å². The molecule has 8 nitrogen and oxygen atoms in total. The lowest BCUT2D eigenvalue weighted by Gasteiger charge is -2.24. The number of hydrogen-bond acceptors (Lipinski definition) is 6. The fourth-order valence-corrected chi connectivity index (χ4v) is 4.08. The number of nitrogens with zero attached hydrogens (tertiary/aromatic N) is 1. The molecule has 1 amide bonds. The first-order chi connectivity index (χ1) is 14.7. The van der Waals surface area contributed by atoms with E-state index in [-0.39, 0.29) is 18.9 Å². The number of nitrogens with one attached hydrogen (secondary N) is 1. The van der Waals surface area contributed by atoms with E-state index in [1.165, 1.54) is 11.4 Å².